The molecule has 1 saturated heterocycles. The maximum Gasteiger partial charge on any atom is 0.257 e. The number of aromatic nitrogens is 2. The van der Waals surface area contributed by atoms with E-state index in [1.807, 2.05) is 0 Å². The van der Waals surface area contributed by atoms with Gasteiger partial charge in [0, 0.05) is 31.5 Å². The number of nitrogens with zero attached hydrogens (tertiary/aromatic N) is 3. The fourth-order valence-corrected chi connectivity index (χ4v) is 4.33. The number of halogens is 1. The number of likely N-dealkylation sites (tertiary alicyclic amines) is 1. The number of anilines is 1. The molecule has 2 aliphatic rings. The van der Waals surface area contributed by atoms with Gasteiger partial charge >= 0.3 is 0 Å². The van der Waals surface area contributed by atoms with Crippen LogP contribution in [0.2, 0.25) is 0 Å². The summed E-state index contributed by atoms with van der Waals surface area (Å²) in [6.45, 7) is 1.19. The van der Waals surface area contributed by atoms with Crippen molar-refractivity contribution in [3.8, 4) is 5.75 Å². The molecule has 8 heteroatoms. The molecule has 4 atom stereocenters. The van der Waals surface area contributed by atoms with Gasteiger partial charge in [-0.25, -0.2) is 9.37 Å². The molecule has 2 N–H and O–H groups in total. The number of methoxy groups -OCH3 is 1. The number of benzene rings is 1. The molecular formula is C20H23FN4O3. The Labute approximate surface area is 162 Å². The second-order valence-electron chi connectivity index (χ2n) is 7.46. The standard InChI is InChI=1S/C20H23FN4O3/c1-28-18-8-14(21)2-3-15(18)20(27)25-10-12-6-16(17(26)7-13(12)11-25)24-19-9-22-4-5-23-19/h2-5,8-9,12-13,16-17,26H,6-7,10-11H2,1H3,(H,23,24)/t12-,13+,16-,17-/m1/s1. The summed E-state index contributed by atoms with van der Waals surface area (Å²) in [5.74, 6) is 0.788. The lowest BCUT2D eigenvalue weighted by atomic mass is 9.77. The summed E-state index contributed by atoms with van der Waals surface area (Å²) in [7, 11) is 1.43. The predicted molar refractivity (Wildman–Crippen MR) is 101 cm³/mol. The third-order valence-electron chi connectivity index (χ3n) is 5.72. The molecule has 0 bridgehead atoms. The number of hydrogen-bond acceptors (Lipinski definition) is 6. The molecule has 1 aliphatic carbocycles. The van der Waals surface area contributed by atoms with Crippen molar-refractivity contribution in [2.45, 2.75) is 25.0 Å². The van der Waals surface area contributed by atoms with E-state index in [0.29, 0.717) is 30.9 Å². The molecule has 4 rings (SSSR count). The van der Waals surface area contributed by atoms with Crippen LogP contribution in [0.5, 0.6) is 5.75 Å². The van der Waals surface area contributed by atoms with Crippen LogP contribution >= 0.6 is 0 Å². The number of carbonyl (C=O) groups excluding carboxylic acids is 1. The molecule has 1 aliphatic heterocycles. The van der Waals surface area contributed by atoms with E-state index in [0.717, 1.165) is 6.42 Å². The monoisotopic (exact) mass is 386 g/mol. The first-order valence-corrected chi connectivity index (χ1v) is 9.38. The quantitative estimate of drug-likeness (QED) is 0.835. The zero-order valence-electron chi connectivity index (χ0n) is 15.6. The Morgan fingerprint density at radius 3 is 2.79 bits per heavy atom. The third-order valence-corrected chi connectivity index (χ3v) is 5.72. The first kappa shape index (κ1) is 18.6. The Morgan fingerprint density at radius 2 is 2.07 bits per heavy atom. The number of amides is 1. The zero-order chi connectivity index (χ0) is 19.7. The summed E-state index contributed by atoms with van der Waals surface area (Å²) in [6, 6.07) is 3.82. The highest BCUT2D eigenvalue weighted by Crippen LogP contribution is 2.38. The number of carbonyl (C=O) groups is 1. The van der Waals surface area contributed by atoms with Crippen molar-refractivity contribution in [1.29, 1.82) is 0 Å². The van der Waals surface area contributed by atoms with Crippen molar-refractivity contribution in [2.24, 2.45) is 11.8 Å². The lowest BCUT2D eigenvalue weighted by Crippen LogP contribution is -2.43. The van der Waals surface area contributed by atoms with Gasteiger partial charge in [0.15, 0.2) is 0 Å². The van der Waals surface area contributed by atoms with Gasteiger partial charge in [-0.2, -0.15) is 0 Å². The predicted octanol–water partition coefficient (Wildman–Crippen LogP) is 1.95. The van der Waals surface area contributed by atoms with Gasteiger partial charge in [0.25, 0.3) is 5.91 Å². The second-order valence-corrected chi connectivity index (χ2v) is 7.46. The van der Waals surface area contributed by atoms with E-state index in [4.69, 9.17) is 4.74 Å². The number of ether oxygens (including phenoxy) is 1. The normalized spacial score (nSPS) is 26.6. The summed E-state index contributed by atoms with van der Waals surface area (Å²) in [5, 5.41) is 13.8. The van der Waals surface area contributed by atoms with E-state index < -0.39 is 11.9 Å². The minimum atomic E-state index is -0.515. The molecule has 1 saturated carbocycles. The van der Waals surface area contributed by atoms with Gasteiger partial charge in [-0.15, -0.1) is 0 Å². The Kier molecular flexibility index (Phi) is 5.13. The highest BCUT2D eigenvalue weighted by Gasteiger charge is 2.43. The lowest BCUT2D eigenvalue weighted by molar-refractivity contribution is 0.0726. The van der Waals surface area contributed by atoms with Gasteiger partial charge in [-0.3, -0.25) is 9.78 Å². The molecule has 2 aromatic rings. The average Bonchev–Trinajstić information content (AvgIpc) is 3.11. The number of hydrogen-bond donors (Lipinski definition) is 2. The lowest BCUT2D eigenvalue weighted by Gasteiger charge is -2.35. The molecule has 2 fully saturated rings. The fraction of sp³-hybridized carbons (Fsp3) is 0.450. The van der Waals surface area contributed by atoms with E-state index in [1.165, 1.54) is 25.3 Å². The fourth-order valence-electron chi connectivity index (χ4n) is 4.33. The van der Waals surface area contributed by atoms with Crippen molar-refractivity contribution in [3.63, 3.8) is 0 Å². The Balaban J connectivity index is 1.45. The summed E-state index contributed by atoms with van der Waals surface area (Å²) in [4.78, 5) is 23.0. The van der Waals surface area contributed by atoms with Crippen LogP contribution < -0.4 is 10.1 Å². The Hall–Kier alpha value is -2.74. The molecule has 1 amide bonds. The highest BCUT2D eigenvalue weighted by molar-refractivity contribution is 5.97. The van der Waals surface area contributed by atoms with Crippen LogP contribution in [0.25, 0.3) is 0 Å². The van der Waals surface area contributed by atoms with Gasteiger partial charge in [0.05, 0.1) is 31.0 Å². The number of nitrogens with one attached hydrogen (secondary N) is 1. The van der Waals surface area contributed by atoms with E-state index in [1.54, 1.807) is 23.5 Å². The summed E-state index contributed by atoms with van der Waals surface area (Å²) in [5.41, 5.74) is 0.359. The topological polar surface area (TPSA) is 87.6 Å². The van der Waals surface area contributed by atoms with Crippen molar-refractivity contribution < 1.29 is 19.0 Å². The molecule has 1 aromatic carbocycles. The van der Waals surface area contributed by atoms with Crippen LogP contribution in [0.3, 0.4) is 0 Å². The Morgan fingerprint density at radius 1 is 1.29 bits per heavy atom. The molecule has 0 radical (unpaired) electrons. The summed E-state index contributed by atoms with van der Waals surface area (Å²) >= 11 is 0. The minimum Gasteiger partial charge on any atom is -0.496 e. The highest BCUT2D eigenvalue weighted by atomic mass is 19.1. The molecule has 0 spiro atoms. The first-order valence-electron chi connectivity index (χ1n) is 9.38. The maximum absolute atomic E-state index is 13.4. The molecule has 1 aromatic heterocycles. The average molecular weight is 386 g/mol. The summed E-state index contributed by atoms with van der Waals surface area (Å²) < 4.78 is 18.6. The molecular weight excluding hydrogens is 363 g/mol. The molecule has 2 heterocycles. The van der Waals surface area contributed by atoms with E-state index in [9.17, 15) is 14.3 Å². The number of aliphatic hydroxyl groups is 1. The van der Waals surface area contributed by atoms with Crippen LogP contribution in [0.4, 0.5) is 10.2 Å². The van der Waals surface area contributed by atoms with Crippen LogP contribution in [0.15, 0.2) is 36.8 Å². The molecule has 148 valence electrons. The van der Waals surface area contributed by atoms with Crippen molar-refractivity contribution in [3.05, 3.63) is 48.2 Å². The minimum absolute atomic E-state index is 0.131. The largest absolute Gasteiger partial charge is 0.496 e. The smallest absolute Gasteiger partial charge is 0.257 e. The SMILES string of the molecule is COc1cc(F)ccc1C(=O)N1C[C@H]2C[C@@H](Nc3cnccn3)[C@H](O)C[C@H]2C1. The Bertz CT molecular complexity index is 851. The van der Waals surface area contributed by atoms with Crippen LogP contribution in [0, 0.1) is 17.7 Å². The molecule has 7 nitrogen and oxygen atoms in total. The van der Waals surface area contributed by atoms with Crippen LogP contribution in [-0.2, 0) is 0 Å². The molecule has 28 heavy (non-hydrogen) atoms. The van der Waals surface area contributed by atoms with E-state index in [-0.39, 0.29) is 29.5 Å². The van der Waals surface area contributed by atoms with Crippen LogP contribution in [0.1, 0.15) is 23.2 Å². The third kappa shape index (κ3) is 3.64. The van der Waals surface area contributed by atoms with Crippen molar-refractivity contribution in [1.82, 2.24) is 14.9 Å². The van der Waals surface area contributed by atoms with Crippen LogP contribution in [-0.4, -0.2) is 58.2 Å². The number of rotatable bonds is 4. The van der Waals surface area contributed by atoms with Gasteiger partial charge in [0.2, 0.25) is 0 Å². The van der Waals surface area contributed by atoms with Gasteiger partial charge in [-0.05, 0) is 36.8 Å². The van der Waals surface area contributed by atoms with Crippen molar-refractivity contribution in [2.75, 3.05) is 25.5 Å². The van der Waals surface area contributed by atoms with E-state index >= 15 is 0 Å². The van der Waals surface area contributed by atoms with Crippen molar-refractivity contribution >= 4 is 11.7 Å². The van der Waals surface area contributed by atoms with Gasteiger partial charge < -0.3 is 20.1 Å². The van der Waals surface area contributed by atoms with E-state index in [2.05, 4.69) is 15.3 Å². The number of aliphatic hydroxyl groups excluding tert-OH is 1. The van der Waals surface area contributed by atoms with Gasteiger partial charge in [-0.1, -0.05) is 0 Å². The number of fused-ring (bicyclic) bond motifs is 1. The van der Waals surface area contributed by atoms with Gasteiger partial charge in [0.1, 0.15) is 17.4 Å². The summed E-state index contributed by atoms with van der Waals surface area (Å²) in [6.07, 6.45) is 5.68. The zero-order valence-corrected chi connectivity index (χ0v) is 15.6. The molecule has 0 unspecified atom stereocenters. The second kappa shape index (κ2) is 7.71. The maximum atomic E-state index is 13.4. The first-order chi connectivity index (χ1) is 13.5.